The second-order valence-electron chi connectivity index (χ2n) is 8.63. The molecule has 3 rings (SSSR count). The zero-order chi connectivity index (χ0) is 22.8. The fourth-order valence-corrected chi connectivity index (χ4v) is 4.99. The van der Waals surface area contributed by atoms with E-state index in [2.05, 4.69) is 75.4 Å². The molecule has 0 amide bonds. The molecule has 3 aromatic carbocycles. The van der Waals surface area contributed by atoms with Crippen LogP contribution in [0.15, 0.2) is 83.8 Å². The Morgan fingerprint density at radius 2 is 1.50 bits per heavy atom. The van der Waals surface area contributed by atoms with E-state index in [1.807, 2.05) is 23.9 Å². The smallest absolute Gasteiger partial charge is 0.119 e. The number of hydrogen-bond acceptors (Lipinski definition) is 3. The average Bonchev–Trinajstić information content (AvgIpc) is 2.82. The lowest BCUT2D eigenvalue weighted by Crippen LogP contribution is -2.12. The summed E-state index contributed by atoms with van der Waals surface area (Å²) in [6, 6.07) is 26.9. The Morgan fingerprint density at radius 1 is 0.844 bits per heavy atom. The Hall–Kier alpha value is -2.39. The van der Waals surface area contributed by atoms with Crippen molar-refractivity contribution in [1.29, 1.82) is 0 Å². The Bertz CT molecular complexity index is 906. The van der Waals surface area contributed by atoms with E-state index in [1.165, 1.54) is 16.0 Å². The predicted molar refractivity (Wildman–Crippen MR) is 137 cm³/mol. The van der Waals surface area contributed by atoms with Gasteiger partial charge in [-0.2, -0.15) is 0 Å². The van der Waals surface area contributed by atoms with E-state index in [9.17, 15) is 5.11 Å². The first-order chi connectivity index (χ1) is 15.5. The molecule has 0 radical (unpaired) electrons. The number of aromatic hydroxyl groups is 1. The van der Waals surface area contributed by atoms with Crippen LogP contribution in [0.5, 0.6) is 11.5 Å². The van der Waals surface area contributed by atoms with E-state index < -0.39 is 0 Å². The summed E-state index contributed by atoms with van der Waals surface area (Å²) in [6.45, 7) is 6.69. The van der Waals surface area contributed by atoms with Gasteiger partial charge in [-0.3, -0.25) is 0 Å². The van der Waals surface area contributed by atoms with Gasteiger partial charge in [-0.15, -0.1) is 11.8 Å². The van der Waals surface area contributed by atoms with Gasteiger partial charge in [-0.1, -0.05) is 56.3 Å². The van der Waals surface area contributed by atoms with Crippen LogP contribution in [-0.2, 0) is 0 Å². The van der Waals surface area contributed by atoms with Crippen LogP contribution in [-0.4, -0.2) is 17.0 Å². The van der Waals surface area contributed by atoms with E-state index >= 15 is 0 Å². The SMILES string of the molecule is CCC(CC(C)c1ccc(O)cc1)c1ccc(OC(C)CCCSc2ccccc2)cc1. The molecule has 32 heavy (non-hydrogen) atoms. The minimum absolute atomic E-state index is 0.216. The van der Waals surface area contributed by atoms with E-state index in [1.54, 1.807) is 12.1 Å². The molecule has 0 fully saturated rings. The van der Waals surface area contributed by atoms with Crippen molar-refractivity contribution in [3.63, 3.8) is 0 Å². The molecule has 0 saturated carbocycles. The molecule has 0 saturated heterocycles. The molecule has 0 aliphatic rings. The lowest BCUT2D eigenvalue weighted by atomic mass is 9.84. The Labute approximate surface area is 198 Å². The van der Waals surface area contributed by atoms with Gasteiger partial charge in [0.15, 0.2) is 0 Å². The number of ether oxygens (including phenoxy) is 1. The van der Waals surface area contributed by atoms with Crippen molar-refractivity contribution in [3.05, 3.63) is 90.0 Å². The van der Waals surface area contributed by atoms with Crippen molar-refractivity contribution in [2.24, 2.45) is 0 Å². The van der Waals surface area contributed by atoms with E-state index in [-0.39, 0.29) is 6.10 Å². The molecule has 0 spiro atoms. The summed E-state index contributed by atoms with van der Waals surface area (Å²) in [5.41, 5.74) is 2.65. The molecule has 3 unspecified atom stereocenters. The van der Waals surface area contributed by atoms with Gasteiger partial charge in [0.25, 0.3) is 0 Å². The van der Waals surface area contributed by atoms with E-state index in [0.717, 1.165) is 37.2 Å². The monoisotopic (exact) mass is 448 g/mol. The van der Waals surface area contributed by atoms with Gasteiger partial charge < -0.3 is 9.84 Å². The van der Waals surface area contributed by atoms with Crippen LogP contribution >= 0.6 is 11.8 Å². The van der Waals surface area contributed by atoms with Crippen LogP contribution in [0.3, 0.4) is 0 Å². The second-order valence-corrected chi connectivity index (χ2v) is 9.80. The Kier molecular flexibility index (Phi) is 9.55. The highest BCUT2D eigenvalue weighted by atomic mass is 32.2. The molecule has 170 valence electrons. The van der Waals surface area contributed by atoms with Crippen molar-refractivity contribution in [1.82, 2.24) is 0 Å². The minimum atomic E-state index is 0.216. The van der Waals surface area contributed by atoms with Crippen LogP contribution < -0.4 is 4.74 Å². The van der Waals surface area contributed by atoms with Crippen LogP contribution in [0.1, 0.15) is 69.4 Å². The Balaban J connectivity index is 1.45. The first kappa shape index (κ1) is 24.3. The largest absolute Gasteiger partial charge is 0.508 e. The second kappa shape index (κ2) is 12.6. The summed E-state index contributed by atoms with van der Waals surface area (Å²) in [6.07, 6.45) is 4.62. The number of benzene rings is 3. The number of phenolic OH excluding ortho intramolecular Hbond substituents is 1. The van der Waals surface area contributed by atoms with Crippen molar-refractivity contribution < 1.29 is 9.84 Å². The van der Waals surface area contributed by atoms with Crippen molar-refractivity contribution in [3.8, 4) is 11.5 Å². The topological polar surface area (TPSA) is 29.5 Å². The molecule has 3 atom stereocenters. The van der Waals surface area contributed by atoms with Crippen LogP contribution in [0.4, 0.5) is 0 Å². The molecule has 0 bridgehead atoms. The van der Waals surface area contributed by atoms with Gasteiger partial charge in [0.05, 0.1) is 6.10 Å². The lowest BCUT2D eigenvalue weighted by molar-refractivity contribution is 0.210. The molecule has 0 aromatic heterocycles. The maximum atomic E-state index is 9.53. The molecule has 2 nitrogen and oxygen atoms in total. The molecule has 0 heterocycles. The highest BCUT2D eigenvalue weighted by Crippen LogP contribution is 2.33. The number of phenols is 1. The summed E-state index contributed by atoms with van der Waals surface area (Å²) >= 11 is 1.91. The van der Waals surface area contributed by atoms with Crippen LogP contribution in [0.25, 0.3) is 0 Å². The third-order valence-corrected chi connectivity index (χ3v) is 7.15. The zero-order valence-electron chi connectivity index (χ0n) is 19.5. The van der Waals surface area contributed by atoms with Crippen molar-refractivity contribution in [2.75, 3.05) is 5.75 Å². The van der Waals surface area contributed by atoms with Crippen LogP contribution in [0.2, 0.25) is 0 Å². The molecule has 0 aliphatic heterocycles. The van der Waals surface area contributed by atoms with Gasteiger partial charge >= 0.3 is 0 Å². The Morgan fingerprint density at radius 3 is 2.16 bits per heavy atom. The lowest BCUT2D eigenvalue weighted by Gasteiger charge is -2.21. The summed E-state index contributed by atoms with van der Waals surface area (Å²) in [5.74, 6) is 3.37. The minimum Gasteiger partial charge on any atom is -0.508 e. The van der Waals surface area contributed by atoms with Gasteiger partial charge in [-0.05, 0) is 97.7 Å². The fourth-order valence-electron chi connectivity index (χ4n) is 4.09. The predicted octanol–water partition coefficient (Wildman–Crippen LogP) is 8.42. The first-order valence-electron chi connectivity index (χ1n) is 11.8. The number of hydrogen-bond donors (Lipinski definition) is 1. The fraction of sp³-hybridized carbons (Fsp3) is 0.379. The summed E-state index contributed by atoms with van der Waals surface area (Å²) in [5, 5.41) is 9.53. The standard InChI is InChI=1S/C29H36O2S/c1-4-24(21-22(2)25-12-16-27(30)17-13-25)26-14-18-28(19-15-26)31-23(3)9-8-20-32-29-10-6-5-7-11-29/h5-7,10-19,22-24,30H,4,8-9,20-21H2,1-3H3. The van der Waals surface area contributed by atoms with E-state index in [0.29, 0.717) is 17.6 Å². The van der Waals surface area contributed by atoms with Gasteiger partial charge in [0, 0.05) is 4.90 Å². The maximum absolute atomic E-state index is 9.53. The van der Waals surface area contributed by atoms with E-state index in [4.69, 9.17) is 4.74 Å². The quantitative estimate of drug-likeness (QED) is 0.223. The molecule has 1 N–H and O–H groups in total. The van der Waals surface area contributed by atoms with Crippen molar-refractivity contribution in [2.45, 2.75) is 69.3 Å². The maximum Gasteiger partial charge on any atom is 0.119 e. The molecule has 3 heteroatoms. The molecule has 3 aromatic rings. The normalized spacial score (nSPS) is 14.0. The average molecular weight is 449 g/mol. The van der Waals surface area contributed by atoms with Crippen LogP contribution in [0, 0.1) is 0 Å². The molecular formula is C29H36O2S. The summed E-state index contributed by atoms with van der Waals surface area (Å²) < 4.78 is 6.16. The molecular weight excluding hydrogens is 412 g/mol. The molecule has 0 aliphatic carbocycles. The summed E-state index contributed by atoms with van der Waals surface area (Å²) in [7, 11) is 0. The van der Waals surface area contributed by atoms with Crippen molar-refractivity contribution >= 4 is 11.8 Å². The zero-order valence-corrected chi connectivity index (χ0v) is 20.4. The third-order valence-electron chi connectivity index (χ3n) is 6.05. The first-order valence-corrected chi connectivity index (χ1v) is 12.8. The number of thioether (sulfide) groups is 1. The highest BCUT2D eigenvalue weighted by Gasteiger charge is 2.16. The van der Waals surface area contributed by atoms with Gasteiger partial charge in [0.2, 0.25) is 0 Å². The van der Waals surface area contributed by atoms with Gasteiger partial charge in [-0.25, -0.2) is 0 Å². The number of rotatable bonds is 12. The third kappa shape index (κ3) is 7.63. The van der Waals surface area contributed by atoms with Gasteiger partial charge in [0.1, 0.15) is 11.5 Å². The summed E-state index contributed by atoms with van der Waals surface area (Å²) in [4.78, 5) is 1.34. The highest BCUT2D eigenvalue weighted by molar-refractivity contribution is 7.99.